The number of amides is 1. The van der Waals surface area contributed by atoms with Gasteiger partial charge in [0.2, 0.25) is 0 Å². The van der Waals surface area contributed by atoms with E-state index in [1.807, 2.05) is 12.1 Å². The molecule has 0 aliphatic rings. The highest BCUT2D eigenvalue weighted by Gasteiger charge is 2.09. The number of benzene rings is 1. The van der Waals surface area contributed by atoms with Gasteiger partial charge < -0.3 is 10.1 Å². The Morgan fingerprint density at radius 2 is 2.12 bits per heavy atom. The first-order valence-electron chi connectivity index (χ1n) is 6.03. The average Bonchev–Trinajstić information content (AvgIpc) is 2.34. The molecule has 0 fully saturated rings. The molecule has 1 aromatic rings. The quantitative estimate of drug-likeness (QED) is 0.852. The van der Waals surface area contributed by atoms with Gasteiger partial charge in [0.1, 0.15) is 5.75 Å². The fourth-order valence-electron chi connectivity index (χ4n) is 1.58. The summed E-state index contributed by atoms with van der Waals surface area (Å²) < 4.78 is 5.27. The molecule has 1 aromatic carbocycles. The van der Waals surface area contributed by atoms with Crippen LogP contribution >= 0.6 is 0 Å². The zero-order valence-electron chi connectivity index (χ0n) is 11.0. The van der Waals surface area contributed by atoms with Gasteiger partial charge in [-0.15, -0.1) is 0 Å². The number of carbonyl (C=O) groups excluding carboxylic acids is 1. The summed E-state index contributed by atoms with van der Waals surface area (Å²) in [7, 11) is 1.63. The maximum absolute atomic E-state index is 11.9. The molecule has 1 N–H and O–H groups in total. The lowest BCUT2D eigenvalue weighted by molar-refractivity contribution is 0.0948. The minimum Gasteiger partial charge on any atom is -0.496 e. The Balaban J connectivity index is 2.81. The molecule has 94 valence electrons. The third kappa shape index (κ3) is 3.77. The molecule has 0 aliphatic carbocycles. The fraction of sp³-hybridized carbons (Fsp3) is 0.500. The van der Waals surface area contributed by atoms with Crippen molar-refractivity contribution in [1.29, 1.82) is 0 Å². The highest BCUT2D eigenvalue weighted by atomic mass is 16.5. The van der Waals surface area contributed by atoms with Gasteiger partial charge in [0.05, 0.1) is 7.11 Å². The number of nitrogens with one attached hydrogen (secondary N) is 1. The van der Waals surface area contributed by atoms with E-state index >= 15 is 0 Å². The van der Waals surface area contributed by atoms with Crippen LogP contribution in [0.5, 0.6) is 5.75 Å². The predicted octanol–water partition coefficient (Wildman–Crippen LogP) is 2.64. The molecular weight excluding hydrogens is 214 g/mol. The molecule has 0 heterocycles. The van der Waals surface area contributed by atoms with Crippen LogP contribution in [0.15, 0.2) is 18.2 Å². The molecule has 0 unspecified atom stereocenters. The van der Waals surface area contributed by atoms with Crippen molar-refractivity contribution in [3.63, 3.8) is 0 Å². The first-order valence-corrected chi connectivity index (χ1v) is 6.03. The SMILES string of the molecule is CCc1ccc(C(=O)NCC(C)C)cc1OC. The van der Waals surface area contributed by atoms with E-state index in [0.717, 1.165) is 17.7 Å². The molecule has 1 amide bonds. The number of hydrogen-bond acceptors (Lipinski definition) is 2. The van der Waals surface area contributed by atoms with Crippen LogP contribution in [0.4, 0.5) is 0 Å². The maximum atomic E-state index is 11.9. The van der Waals surface area contributed by atoms with Gasteiger partial charge in [0.25, 0.3) is 5.91 Å². The van der Waals surface area contributed by atoms with Crippen LogP contribution < -0.4 is 10.1 Å². The second-order valence-corrected chi connectivity index (χ2v) is 4.48. The summed E-state index contributed by atoms with van der Waals surface area (Å²) in [6, 6.07) is 5.59. The number of rotatable bonds is 5. The van der Waals surface area contributed by atoms with Gasteiger partial charge in [-0.3, -0.25) is 4.79 Å². The minimum absolute atomic E-state index is 0.0420. The Labute approximate surface area is 103 Å². The molecule has 17 heavy (non-hydrogen) atoms. The van der Waals surface area contributed by atoms with E-state index in [1.54, 1.807) is 13.2 Å². The number of hydrogen-bond donors (Lipinski definition) is 1. The highest BCUT2D eigenvalue weighted by molar-refractivity contribution is 5.94. The van der Waals surface area contributed by atoms with Crippen LogP contribution in [-0.4, -0.2) is 19.6 Å². The van der Waals surface area contributed by atoms with E-state index in [1.165, 1.54) is 0 Å². The number of carbonyl (C=O) groups is 1. The van der Waals surface area contributed by atoms with Gasteiger partial charge in [-0.2, -0.15) is 0 Å². The maximum Gasteiger partial charge on any atom is 0.251 e. The van der Waals surface area contributed by atoms with Gasteiger partial charge in [0, 0.05) is 12.1 Å². The smallest absolute Gasteiger partial charge is 0.251 e. The predicted molar refractivity (Wildman–Crippen MR) is 69.5 cm³/mol. The number of methoxy groups -OCH3 is 1. The highest BCUT2D eigenvalue weighted by Crippen LogP contribution is 2.20. The summed E-state index contributed by atoms with van der Waals surface area (Å²) in [5.41, 5.74) is 1.77. The van der Waals surface area contributed by atoms with Crippen LogP contribution in [-0.2, 0) is 6.42 Å². The molecule has 0 atom stereocenters. The average molecular weight is 235 g/mol. The third-order valence-electron chi connectivity index (χ3n) is 2.60. The van der Waals surface area contributed by atoms with Gasteiger partial charge in [-0.1, -0.05) is 26.8 Å². The summed E-state index contributed by atoms with van der Waals surface area (Å²) >= 11 is 0. The van der Waals surface area contributed by atoms with Crippen molar-refractivity contribution in [1.82, 2.24) is 5.32 Å². The second kappa shape index (κ2) is 6.28. The van der Waals surface area contributed by atoms with Gasteiger partial charge in [-0.25, -0.2) is 0 Å². The van der Waals surface area contributed by atoms with Crippen molar-refractivity contribution in [2.45, 2.75) is 27.2 Å². The number of aryl methyl sites for hydroxylation is 1. The summed E-state index contributed by atoms with van der Waals surface area (Å²) in [6.45, 7) is 6.90. The van der Waals surface area contributed by atoms with Crippen LogP contribution in [0.2, 0.25) is 0 Å². The fourth-order valence-corrected chi connectivity index (χ4v) is 1.58. The zero-order chi connectivity index (χ0) is 12.8. The minimum atomic E-state index is -0.0420. The molecular formula is C14H21NO2. The van der Waals surface area contributed by atoms with Crippen molar-refractivity contribution in [3.8, 4) is 5.75 Å². The van der Waals surface area contributed by atoms with Crippen molar-refractivity contribution < 1.29 is 9.53 Å². The lowest BCUT2D eigenvalue weighted by Crippen LogP contribution is -2.27. The van der Waals surface area contributed by atoms with Crippen molar-refractivity contribution in [3.05, 3.63) is 29.3 Å². The standard InChI is InChI=1S/C14H21NO2/c1-5-11-6-7-12(8-13(11)17-4)14(16)15-9-10(2)3/h6-8,10H,5,9H2,1-4H3,(H,15,16). The summed E-state index contributed by atoms with van der Waals surface area (Å²) in [5, 5.41) is 2.89. The van der Waals surface area contributed by atoms with E-state index in [-0.39, 0.29) is 5.91 Å². The van der Waals surface area contributed by atoms with Crippen molar-refractivity contribution in [2.75, 3.05) is 13.7 Å². The molecule has 0 radical (unpaired) electrons. The van der Waals surface area contributed by atoms with E-state index in [4.69, 9.17) is 4.74 Å². The third-order valence-corrected chi connectivity index (χ3v) is 2.60. The van der Waals surface area contributed by atoms with Crippen molar-refractivity contribution >= 4 is 5.91 Å². The first kappa shape index (κ1) is 13.6. The summed E-state index contributed by atoms with van der Waals surface area (Å²) in [6.07, 6.45) is 0.900. The van der Waals surface area contributed by atoms with Crippen LogP contribution in [0, 0.1) is 5.92 Å². The molecule has 3 nitrogen and oxygen atoms in total. The first-order chi connectivity index (χ1) is 8.08. The van der Waals surface area contributed by atoms with E-state index < -0.39 is 0 Å². The molecule has 0 spiro atoms. The summed E-state index contributed by atoms with van der Waals surface area (Å²) in [4.78, 5) is 11.9. The molecule has 0 saturated carbocycles. The zero-order valence-corrected chi connectivity index (χ0v) is 11.0. The van der Waals surface area contributed by atoms with Gasteiger partial charge >= 0.3 is 0 Å². The molecule has 3 heteroatoms. The van der Waals surface area contributed by atoms with Gasteiger partial charge in [-0.05, 0) is 30.0 Å². The Morgan fingerprint density at radius 1 is 1.41 bits per heavy atom. The Morgan fingerprint density at radius 3 is 2.65 bits per heavy atom. The Hall–Kier alpha value is -1.51. The molecule has 1 rings (SSSR count). The summed E-state index contributed by atoms with van der Waals surface area (Å²) in [5.74, 6) is 1.19. The topological polar surface area (TPSA) is 38.3 Å². The largest absolute Gasteiger partial charge is 0.496 e. The second-order valence-electron chi connectivity index (χ2n) is 4.48. The molecule has 0 bridgehead atoms. The number of ether oxygens (including phenoxy) is 1. The van der Waals surface area contributed by atoms with Gasteiger partial charge in [0.15, 0.2) is 0 Å². The Kier molecular flexibility index (Phi) is 5.01. The van der Waals surface area contributed by atoms with E-state index in [2.05, 4.69) is 26.1 Å². The van der Waals surface area contributed by atoms with Crippen LogP contribution in [0.3, 0.4) is 0 Å². The monoisotopic (exact) mass is 235 g/mol. The molecule has 0 aliphatic heterocycles. The molecule has 0 aromatic heterocycles. The van der Waals surface area contributed by atoms with Crippen molar-refractivity contribution in [2.24, 2.45) is 5.92 Å². The lowest BCUT2D eigenvalue weighted by Gasteiger charge is -2.10. The molecule has 0 saturated heterocycles. The van der Waals surface area contributed by atoms with E-state index in [9.17, 15) is 4.79 Å². The Bertz CT molecular complexity index is 386. The van der Waals surface area contributed by atoms with Crippen LogP contribution in [0.25, 0.3) is 0 Å². The van der Waals surface area contributed by atoms with E-state index in [0.29, 0.717) is 18.0 Å². The van der Waals surface area contributed by atoms with Crippen LogP contribution in [0.1, 0.15) is 36.7 Å². The lowest BCUT2D eigenvalue weighted by atomic mass is 10.1. The normalized spacial score (nSPS) is 10.4.